The summed E-state index contributed by atoms with van der Waals surface area (Å²) in [5, 5.41) is 0. The lowest BCUT2D eigenvalue weighted by molar-refractivity contribution is -1.08. The van der Waals surface area contributed by atoms with Crippen molar-refractivity contribution in [1.82, 2.24) is 0 Å². The van der Waals surface area contributed by atoms with Crippen LogP contribution >= 0.6 is 0 Å². The maximum absolute atomic E-state index is 6.49. The third-order valence-corrected chi connectivity index (χ3v) is 15.5. The van der Waals surface area contributed by atoms with Crippen LogP contribution < -0.4 is 32.1 Å². The van der Waals surface area contributed by atoms with Gasteiger partial charge in [-0.3, -0.25) is 0 Å². The zero-order valence-corrected chi connectivity index (χ0v) is 50.9. The molecule has 4 aromatic rings. The van der Waals surface area contributed by atoms with Crippen LogP contribution in [0.25, 0.3) is 22.3 Å². The quantitative estimate of drug-likeness (QED) is 0.0354. The second kappa shape index (κ2) is 46.7. The summed E-state index contributed by atoms with van der Waals surface area (Å²) in [6.07, 6.45) is 49.7. The van der Waals surface area contributed by atoms with E-state index in [0.29, 0.717) is 0 Å². The SMILES string of the molecule is CCCCCCCCCCCCOc1cc(CCCCCCCCCC(C)O[NH2+]OC(C)CCCCCCCCCc2ccc(-c3ccccc3)c(OCCCCCCCCCCCC)c2)ccc1-c1ccccc1.[Br-]. The lowest BCUT2D eigenvalue weighted by Crippen LogP contribution is -3.00. The Bertz CT molecular complexity index is 1770. The number of rotatable bonds is 50. The Morgan fingerprint density at radius 2 is 0.645 bits per heavy atom. The van der Waals surface area contributed by atoms with E-state index >= 15 is 0 Å². The third-order valence-electron chi connectivity index (χ3n) is 15.5. The summed E-state index contributed by atoms with van der Waals surface area (Å²) in [7, 11) is 0. The first-order chi connectivity index (χ1) is 37.1. The first-order valence-corrected chi connectivity index (χ1v) is 31.8. The molecule has 0 heterocycles. The number of aryl methyl sites for hydroxylation is 2. The monoisotopic (exact) mass is 1110 g/mol. The summed E-state index contributed by atoms with van der Waals surface area (Å²) in [6, 6.07) is 35.4. The summed E-state index contributed by atoms with van der Waals surface area (Å²) < 4.78 is 13.0. The minimum Gasteiger partial charge on any atom is -1.00 e. The highest BCUT2D eigenvalue weighted by Gasteiger charge is 2.12. The number of nitrogens with two attached hydrogens (primary N) is 1. The molecule has 6 heteroatoms. The summed E-state index contributed by atoms with van der Waals surface area (Å²) >= 11 is 0. The topological polar surface area (TPSA) is 53.5 Å². The van der Waals surface area contributed by atoms with Gasteiger partial charge in [-0.2, -0.15) is 9.68 Å². The highest BCUT2D eigenvalue weighted by Crippen LogP contribution is 2.33. The van der Waals surface area contributed by atoms with Gasteiger partial charge in [-0.1, -0.05) is 297 Å². The molecule has 2 unspecified atom stereocenters. The van der Waals surface area contributed by atoms with E-state index in [9.17, 15) is 0 Å². The Morgan fingerprint density at radius 3 is 0.987 bits per heavy atom. The van der Waals surface area contributed by atoms with Crippen LogP contribution in [-0.4, -0.2) is 25.4 Å². The normalized spacial score (nSPS) is 12.2. The van der Waals surface area contributed by atoms with Crippen molar-refractivity contribution in [1.29, 1.82) is 0 Å². The van der Waals surface area contributed by atoms with Crippen LogP contribution in [-0.2, 0) is 22.5 Å². The van der Waals surface area contributed by atoms with Gasteiger partial charge in [-0.05, 0) is 99.6 Å². The second-order valence-electron chi connectivity index (χ2n) is 22.5. The summed E-state index contributed by atoms with van der Waals surface area (Å²) in [4.78, 5) is 11.9. The van der Waals surface area contributed by atoms with Crippen LogP contribution in [0.5, 0.6) is 11.5 Å². The lowest BCUT2D eigenvalue weighted by Gasteiger charge is -2.14. The number of hydrogen-bond acceptors (Lipinski definition) is 4. The standard InChI is InChI=1S/C70H112NO4.BrH/c1-5-7-9-11-13-15-17-25-31-43-57-72-69-59-63(53-55-67(69)65-49-39-33-40-50-65)47-37-29-23-19-21-27-35-45-61(3)74-71-75-62(4)46-36-28-22-20-24-30-38-48-64-54-56-68(66-51-41-34-42-52-66)70(60-64)73-58-44-32-26-18-16-14-12-10-8-6-2;/h33-34,39-42,49-56,59-62H,5-32,35-38,43-48,57-58,71H2,1-4H3;1H/q+1;/p-1. The van der Waals surface area contributed by atoms with Crippen molar-refractivity contribution in [2.45, 2.75) is 284 Å². The number of benzene rings is 4. The Labute approximate surface area is 478 Å². The summed E-state index contributed by atoms with van der Waals surface area (Å²) in [5.74, 6) is 2.11. The molecule has 2 atom stereocenters. The van der Waals surface area contributed by atoms with Crippen LogP contribution in [0.4, 0.5) is 0 Å². The van der Waals surface area contributed by atoms with E-state index in [0.717, 1.165) is 63.2 Å². The Morgan fingerprint density at radius 1 is 0.342 bits per heavy atom. The van der Waals surface area contributed by atoms with Gasteiger partial charge in [-0.15, -0.1) is 0 Å². The Hall–Kier alpha value is -3.16. The van der Waals surface area contributed by atoms with Gasteiger partial charge < -0.3 is 26.5 Å². The number of quaternary nitrogens is 1. The van der Waals surface area contributed by atoms with Crippen LogP contribution in [0.1, 0.15) is 270 Å². The van der Waals surface area contributed by atoms with Gasteiger partial charge in [0, 0.05) is 11.1 Å². The molecule has 2 N–H and O–H groups in total. The highest BCUT2D eigenvalue weighted by molar-refractivity contribution is 5.71. The van der Waals surface area contributed by atoms with Gasteiger partial charge in [0.2, 0.25) is 0 Å². The fraction of sp³-hybridized carbons (Fsp3) is 0.657. The van der Waals surface area contributed by atoms with E-state index < -0.39 is 0 Å². The molecule has 4 aromatic carbocycles. The van der Waals surface area contributed by atoms with Gasteiger partial charge in [-0.25, -0.2) is 0 Å². The van der Waals surface area contributed by atoms with Crippen LogP contribution in [0.3, 0.4) is 0 Å². The van der Waals surface area contributed by atoms with Crippen molar-refractivity contribution in [2.24, 2.45) is 0 Å². The Kier molecular flexibility index (Phi) is 41.3. The number of halogens is 1. The first kappa shape index (κ1) is 67.1. The molecule has 428 valence electrons. The molecule has 0 bridgehead atoms. The zero-order chi connectivity index (χ0) is 52.9. The van der Waals surface area contributed by atoms with Crippen LogP contribution in [0.2, 0.25) is 0 Å². The average Bonchev–Trinajstić information content (AvgIpc) is 3.43. The van der Waals surface area contributed by atoms with Gasteiger partial charge in [0.1, 0.15) is 23.7 Å². The molecule has 0 amide bonds. The molecule has 5 nitrogen and oxygen atoms in total. The van der Waals surface area contributed by atoms with Crippen molar-refractivity contribution in [3.8, 4) is 33.8 Å². The molecule has 4 rings (SSSR count). The zero-order valence-electron chi connectivity index (χ0n) is 49.3. The third kappa shape index (κ3) is 32.7. The fourth-order valence-corrected chi connectivity index (χ4v) is 10.6. The minimum absolute atomic E-state index is 0. The molecular formula is C70H112BrNO4. The average molecular weight is 1110 g/mol. The molecule has 0 aliphatic heterocycles. The van der Waals surface area contributed by atoms with E-state index in [1.807, 2.05) is 0 Å². The van der Waals surface area contributed by atoms with E-state index in [4.69, 9.17) is 19.1 Å². The maximum Gasteiger partial charge on any atom is 0.127 e. The molecule has 0 aliphatic carbocycles. The number of unbranched alkanes of at least 4 members (excludes halogenated alkanes) is 30. The van der Waals surface area contributed by atoms with Gasteiger partial charge >= 0.3 is 0 Å². The van der Waals surface area contributed by atoms with Crippen molar-refractivity contribution >= 4 is 0 Å². The second-order valence-corrected chi connectivity index (χ2v) is 22.5. The van der Waals surface area contributed by atoms with Crippen molar-refractivity contribution < 1.29 is 41.8 Å². The molecule has 0 spiro atoms. The highest BCUT2D eigenvalue weighted by atomic mass is 79.9. The Balaban J connectivity index is 0.0000152. The smallest absolute Gasteiger partial charge is 0.127 e. The largest absolute Gasteiger partial charge is 1.00 e. The molecule has 0 aliphatic rings. The maximum atomic E-state index is 6.49. The van der Waals surface area contributed by atoms with Gasteiger partial charge in [0.15, 0.2) is 0 Å². The molecule has 0 radical (unpaired) electrons. The minimum atomic E-state index is 0. The van der Waals surface area contributed by atoms with E-state index in [2.05, 4.69) is 125 Å². The number of hydrogen-bond donors (Lipinski definition) is 1. The van der Waals surface area contributed by atoms with Crippen LogP contribution in [0, 0.1) is 0 Å². The number of ether oxygens (including phenoxy) is 2. The molecule has 0 aromatic heterocycles. The molecule has 76 heavy (non-hydrogen) atoms. The molecule has 0 saturated heterocycles. The molecule has 0 saturated carbocycles. The van der Waals surface area contributed by atoms with Gasteiger partial charge in [0.05, 0.1) is 13.2 Å². The molecule has 0 fully saturated rings. The van der Waals surface area contributed by atoms with Crippen molar-refractivity contribution in [3.05, 3.63) is 108 Å². The van der Waals surface area contributed by atoms with Crippen molar-refractivity contribution in [2.75, 3.05) is 13.2 Å². The molecular weight excluding hydrogens is 999 g/mol. The predicted octanol–water partition coefficient (Wildman–Crippen LogP) is 17.9. The van der Waals surface area contributed by atoms with Gasteiger partial charge in [0.25, 0.3) is 0 Å². The van der Waals surface area contributed by atoms with Crippen LogP contribution in [0.15, 0.2) is 97.1 Å². The lowest BCUT2D eigenvalue weighted by atomic mass is 9.99. The van der Waals surface area contributed by atoms with Crippen molar-refractivity contribution in [3.63, 3.8) is 0 Å². The van der Waals surface area contributed by atoms with E-state index in [-0.39, 0.29) is 29.2 Å². The van der Waals surface area contributed by atoms with E-state index in [1.165, 1.54) is 239 Å². The van der Waals surface area contributed by atoms with E-state index in [1.54, 1.807) is 5.64 Å². The summed E-state index contributed by atoms with van der Waals surface area (Å²) in [5.41, 5.74) is 9.36. The first-order valence-electron chi connectivity index (χ1n) is 31.8. The predicted molar refractivity (Wildman–Crippen MR) is 323 cm³/mol. The summed E-state index contributed by atoms with van der Waals surface area (Å²) in [6.45, 7) is 10.6. The fourth-order valence-electron chi connectivity index (χ4n) is 10.6.